The third-order valence-electron chi connectivity index (χ3n) is 3.27. The van der Waals surface area contributed by atoms with Gasteiger partial charge in [0.2, 0.25) is 0 Å². The van der Waals surface area contributed by atoms with E-state index >= 15 is 0 Å². The predicted molar refractivity (Wildman–Crippen MR) is 87.1 cm³/mol. The topological polar surface area (TPSA) is 65.5 Å². The summed E-state index contributed by atoms with van der Waals surface area (Å²) in [6.45, 7) is 1.86. The Morgan fingerprint density at radius 2 is 1.96 bits per heavy atom. The van der Waals surface area contributed by atoms with Crippen molar-refractivity contribution in [2.24, 2.45) is 0 Å². The van der Waals surface area contributed by atoms with Crippen molar-refractivity contribution in [2.75, 3.05) is 0 Å². The minimum absolute atomic E-state index is 0.0698. The van der Waals surface area contributed by atoms with Crippen molar-refractivity contribution in [3.63, 3.8) is 0 Å². The molecule has 0 aliphatic rings. The van der Waals surface area contributed by atoms with Crippen LogP contribution in [0.2, 0.25) is 5.02 Å². The highest BCUT2D eigenvalue weighted by Gasteiger charge is 2.14. The van der Waals surface area contributed by atoms with Gasteiger partial charge in [0, 0.05) is 16.7 Å². The summed E-state index contributed by atoms with van der Waals surface area (Å²) in [6, 6.07) is 13.2. The van der Waals surface area contributed by atoms with Crippen molar-refractivity contribution in [1.29, 1.82) is 0 Å². The van der Waals surface area contributed by atoms with Crippen molar-refractivity contribution in [3.05, 3.63) is 75.5 Å². The molecule has 0 saturated heterocycles. The van der Waals surface area contributed by atoms with E-state index in [2.05, 4.69) is 0 Å². The Morgan fingerprint density at radius 1 is 1.13 bits per heavy atom. The van der Waals surface area contributed by atoms with Crippen LogP contribution in [0.4, 0.5) is 5.69 Å². The van der Waals surface area contributed by atoms with Crippen molar-refractivity contribution in [2.45, 2.75) is 6.92 Å². The Morgan fingerprint density at radius 3 is 2.61 bits per heavy atom. The monoisotopic (exact) mass is 329 g/mol. The van der Waals surface area contributed by atoms with Crippen molar-refractivity contribution < 1.29 is 14.1 Å². The van der Waals surface area contributed by atoms with E-state index in [9.17, 15) is 10.1 Å². The number of ether oxygens (including phenoxy) is 1. The second kappa shape index (κ2) is 6.14. The molecule has 3 aromatic rings. The Hall–Kier alpha value is -2.79. The molecule has 5 nitrogen and oxygen atoms in total. The van der Waals surface area contributed by atoms with Gasteiger partial charge in [-0.2, -0.15) is 0 Å². The molecule has 0 spiro atoms. The Kier molecular flexibility index (Phi) is 4.04. The first-order valence-corrected chi connectivity index (χ1v) is 7.18. The minimum Gasteiger partial charge on any atom is -0.464 e. The minimum atomic E-state index is -0.466. The molecular weight excluding hydrogens is 318 g/mol. The second-order valence-electron chi connectivity index (χ2n) is 4.96. The van der Waals surface area contributed by atoms with E-state index in [1.54, 1.807) is 36.4 Å². The molecule has 0 fully saturated rings. The highest BCUT2D eigenvalue weighted by molar-refractivity contribution is 6.31. The summed E-state index contributed by atoms with van der Waals surface area (Å²) in [5.41, 5.74) is 1.37. The number of nitro benzene ring substituents is 1. The van der Waals surface area contributed by atoms with Crippen LogP contribution in [0.15, 0.2) is 59.2 Å². The molecule has 23 heavy (non-hydrogen) atoms. The number of rotatable bonds is 4. The van der Waals surface area contributed by atoms with Crippen molar-refractivity contribution in [3.8, 4) is 22.8 Å². The van der Waals surface area contributed by atoms with E-state index in [4.69, 9.17) is 20.8 Å². The molecule has 1 aromatic heterocycles. The Bertz CT molecular complexity index is 859. The predicted octanol–water partition coefficient (Wildman–Crippen LogP) is 5.61. The molecule has 0 bridgehead atoms. The zero-order chi connectivity index (χ0) is 16.4. The lowest BCUT2D eigenvalue weighted by atomic mass is 10.1. The maximum atomic E-state index is 11.1. The summed E-state index contributed by atoms with van der Waals surface area (Å²) in [7, 11) is 0. The van der Waals surface area contributed by atoms with Gasteiger partial charge in [-0.3, -0.25) is 10.1 Å². The van der Waals surface area contributed by atoms with Gasteiger partial charge >= 0.3 is 0 Å². The summed E-state index contributed by atoms with van der Waals surface area (Å²) < 4.78 is 11.0. The zero-order valence-corrected chi connectivity index (χ0v) is 12.9. The van der Waals surface area contributed by atoms with Crippen LogP contribution in [0.25, 0.3) is 11.3 Å². The van der Waals surface area contributed by atoms with Gasteiger partial charge in [0.05, 0.1) is 17.3 Å². The highest BCUT2D eigenvalue weighted by atomic mass is 35.5. The average Bonchev–Trinajstić information content (AvgIpc) is 3.05. The number of nitro groups is 1. The van der Waals surface area contributed by atoms with Crippen LogP contribution >= 0.6 is 11.6 Å². The van der Waals surface area contributed by atoms with Gasteiger partial charge in [0.1, 0.15) is 17.3 Å². The zero-order valence-electron chi connectivity index (χ0n) is 12.2. The lowest BCUT2D eigenvalue weighted by Crippen LogP contribution is -1.92. The fraction of sp³-hybridized carbons (Fsp3) is 0.0588. The molecule has 0 radical (unpaired) electrons. The number of halogens is 1. The molecule has 0 saturated carbocycles. The maximum Gasteiger partial charge on any atom is 0.273 e. The van der Waals surface area contributed by atoms with Gasteiger partial charge in [-0.05, 0) is 48.9 Å². The van der Waals surface area contributed by atoms with E-state index < -0.39 is 4.92 Å². The summed E-state index contributed by atoms with van der Waals surface area (Å²) in [5.74, 6) is 1.44. The lowest BCUT2D eigenvalue weighted by Gasteiger charge is -2.08. The smallest absolute Gasteiger partial charge is 0.273 e. The van der Waals surface area contributed by atoms with E-state index in [0.29, 0.717) is 27.8 Å². The summed E-state index contributed by atoms with van der Waals surface area (Å²) in [4.78, 5) is 10.7. The number of nitrogens with zero attached hydrogens (tertiary/aromatic N) is 1. The first-order valence-electron chi connectivity index (χ1n) is 6.80. The molecule has 0 N–H and O–H groups in total. The van der Waals surface area contributed by atoms with Crippen LogP contribution < -0.4 is 4.74 Å². The number of benzene rings is 2. The molecule has 6 heteroatoms. The standard InChI is InChI=1S/C17H12ClNO4/c1-11-7-14(4-5-16(11)18)23-15-9-12(17-3-2-6-22-17)8-13(10-15)19(20)21/h2-10H,1H3. The van der Waals surface area contributed by atoms with Crippen LogP contribution in [0, 0.1) is 17.0 Å². The number of aryl methyl sites for hydroxylation is 1. The van der Waals surface area contributed by atoms with Gasteiger partial charge < -0.3 is 9.15 Å². The van der Waals surface area contributed by atoms with Gasteiger partial charge in [0.15, 0.2) is 0 Å². The van der Waals surface area contributed by atoms with Crippen molar-refractivity contribution >= 4 is 17.3 Å². The van der Waals surface area contributed by atoms with Crippen molar-refractivity contribution in [1.82, 2.24) is 0 Å². The van der Waals surface area contributed by atoms with Crippen LogP contribution in [0.3, 0.4) is 0 Å². The molecule has 0 unspecified atom stereocenters. The van der Waals surface area contributed by atoms with Crippen LogP contribution in [-0.2, 0) is 0 Å². The fourth-order valence-corrected chi connectivity index (χ4v) is 2.27. The largest absolute Gasteiger partial charge is 0.464 e. The van der Waals surface area contributed by atoms with E-state index in [-0.39, 0.29) is 5.69 Å². The number of non-ortho nitro benzene ring substituents is 1. The molecule has 0 amide bonds. The van der Waals surface area contributed by atoms with Gasteiger partial charge in [-0.25, -0.2) is 0 Å². The lowest BCUT2D eigenvalue weighted by molar-refractivity contribution is -0.384. The summed E-state index contributed by atoms with van der Waals surface area (Å²) in [6.07, 6.45) is 1.51. The first-order chi connectivity index (χ1) is 11.0. The molecule has 116 valence electrons. The van der Waals surface area contributed by atoms with Crippen LogP contribution in [-0.4, -0.2) is 4.92 Å². The SMILES string of the molecule is Cc1cc(Oc2cc(-c3ccco3)cc([N+](=O)[O-])c2)ccc1Cl. The van der Waals surface area contributed by atoms with E-state index in [1.165, 1.54) is 18.4 Å². The van der Waals surface area contributed by atoms with Crippen LogP contribution in [0.1, 0.15) is 5.56 Å². The van der Waals surface area contributed by atoms with Gasteiger partial charge in [0.25, 0.3) is 5.69 Å². The first kappa shape index (κ1) is 15.1. The fourth-order valence-electron chi connectivity index (χ4n) is 2.15. The quantitative estimate of drug-likeness (QED) is 0.461. The molecule has 0 atom stereocenters. The second-order valence-corrected chi connectivity index (χ2v) is 5.37. The average molecular weight is 330 g/mol. The Labute approximate surface area is 137 Å². The molecular formula is C17H12ClNO4. The third kappa shape index (κ3) is 3.35. The molecule has 0 aliphatic carbocycles. The number of hydrogen-bond acceptors (Lipinski definition) is 4. The highest BCUT2D eigenvalue weighted by Crippen LogP contribution is 2.33. The van der Waals surface area contributed by atoms with E-state index in [1.807, 2.05) is 6.92 Å². The van der Waals surface area contributed by atoms with E-state index in [0.717, 1.165) is 5.56 Å². The maximum absolute atomic E-state index is 11.1. The normalized spacial score (nSPS) is 10.5. The van der Waals surface area contributed by atoms with Crippen LogP contribution in [0.5, 0.6) is 11.5 Å². The van der Waals surface area contributed by atoms with Gasteiger partial charge in [-0.1, -0.05) is 11.6 Å². The number of hydrogen-bond donors (Lipinski definition) is 0. The molecule has 2 aromatic carbocycles. The summed E-state index contributed by atoms with van der Waals surface area (Å²) >= 11 is 5.99. The Balaban J connectivity index is 2.00. The molecule has 3 rings (SSSR count). The third-order valence-corrected chi connectivity index (χ3v) is 3.70. The molecule has 1 heterocycles. The number of furan rings is 1. The molecule has 0 aliphatic heterocycles. The summed E-state index contributed by atoms with van der Waals surface area (Å²) in [5, 5.41) is 11.8. The van der Waals surface area contributed by atoms with Gasteiger partial charge in [-0.15, -0.1) is 0 Å².